The molecule has 2 aromatic rings. The predicted molar refractivity (Wildman–Crippen MR) is 133 cm³/mol. The van der Waals surface area contributed by atoms with Crippen LogP contribution in [0.3, 0.4) is 0 Å². The maximum Gasteiger partial charge on any atom is 0.266 e. The minimum absolute atomic E-state index is 0.0691. The minimum Gasteiger partial charge on any atom is -0.491 e. The summed E-state index contributed by atoms with van der Waals surface area (Å²) in [5, 5.41) is 0. The second-order valence-corrected chi connectivity index (χ2v) is 9.32. The molecule has 0 aromatic heterocycles. The van der Waals surface area contributed by atoms with Crippen LogP contribution in [0.4, 0.5) is 0 Å². The minimum atomic E-state index is -0.0691. The molecule has 0 radical (unpaired) electrons. The van der Waals surface area contributed by atoms with Gasteiger partial charge in [-0.15, -0.1) is 0 Å². The van der Waals surface area contributed by atoms with Crippen molar-refractivity contribution >= 4 is 56.2 Å². The van der Waals surface area contributed by atoms with Crippen molar-refractivity contribution in [3.05, 3.63) is 63.0 Å². The Labute approximate surface area is 200 Å². The molecule has 0 spiro atoms. The highest BCUT2D eigenvalue weighted by molar-refractivity contribution is 9.10. The first-order valence-electron chi connectivity index (χ1n) is 9.93. The van der Waals surface area contributed by atoms with Crippen molar-refractivity contribution in [3.63, 3.8) is 0 Å². The van der Waals surface area contributed by atoms with Crippen molar-refractivity contribution in [2.75, 3.05) is 33.0 Å². The molecule has 1 saturated heterocycles. The fourth-order valence-electron chi connectivity index (χ4n) is 2.84. The van der Waals surface area contributed by atoms with Crippen LogP contribution in [0.1, 0.15) is 18.1 Å². The van der Waals surface area contributed by atoms with Gasteiger partial charge in [-0.1, -0.05) is 57.6 Å². The number of nitrogens with zero attached hydrogens (tertiary/aromatic N) is 1. The first kappa shape index (κ1) is 23.8. The van der Waals surface area contributed by atoms with Gasteiger partial charge in [0.1, 0.15) is 29.0 Å². The van der Waals surface area contributed by atoms with Gasteiger partial charge in [-0.2, -0.15) is 0 Å². The van der Waals surface area contributed by atoms with Gasteiger partial charge in [0.2, 0.25) is 0 Å². The fraction of sp³-hybridized carbons (Fsp3) is 0.304. The van der Waals surface area contributed by atoms with Gasteiger partial charge in [-0.25, -0.2) is 0 Å². The van der Waals surface area contributed by atoms with E-state index in [1.54, 1.807) is 4.90 Å². The number of aryl methyl sites for hydroxylation is 1. The van der Waals surface area contributed by atoms with Crippen LogP contribution >= 0.6 is 39.9 Å². The molecule has 2 aromatic carbocycles. The summed E-state index contributed by atoms with van der Waals surface area (Å²) >= 11 is 10.1. The number of hydrogen-bond donors (Lipinski definition) is 0. The molecule has 1 amide bonds. The molecule has 1 aliphatic rings. The normalized spacial score (nSPS) is 15.1. The largest absolute Gasteiger partial charge is 0.491 e. The zero-order valence-electron chi connectivity index (χ0n) is 17.4. The van der Waals surface area contributed by atoms with Gasteiger partial charge in [0.25, 0.3) is 5.91 Å². The number of thiocarbonyl (C=S) groups is 1. The van der Waals surface area contributed by atoms with Gasteiger partial charge in [-0.3, -0.25) is 9.69 Å². The standard InChI is InChI=1S/C23H24BrNO4S2/c1-3-25-22(26)21(31-23(25)30)15-17-14-18(24)6-9-20(17)29-13-11-27-10-12-28-19-7-4-16(2)5-8-19/h4-9,14-15H,3,10-13H2,1-2H3. The molecule has 31 heavy (non-hydrogen) atoms. The lowest BCUT2D eigenvalue weighted by atomic mass is 10.2. The molecule has 0 saturated carbocycles. The van der Waals surface area contributed by atoms with E-state index in [4.69, 9.17) is 26.4 Å². The Morgan fingerprint density at radius 3 is 2.45 bits per heavy atom. The topological polar surface area (TPSA) is 48.0 Å². The van der Waals surface area contributed by atoms with E-state index in [2.05, 4.69) is 15.9 Å². The first-order valence-corrected chi connectivity index (χ1v) is 11.9. The van der Waals surface area contributed by atoms with Gasteiger partial charge >= 0.3 is 0 Å². The molecule has 0 aliphatic carbocycles. The molecule has 8 heteroatoms. The van der Waals surface area contributed by atoms with E-state index >= 15 is 0 Å². The van der Waals surface area contributed by atoms with E-state index in [1.807, 2.05) is 62.4 Å². The highest BCUT2D eigenvalue weighted by Gasteiger charge is 2.30. The van der Waals surface area contributed by atoms with Crippen LogP contribution in [0.25, 0.3) is 6.08 Å². The van der Waals surface area contributed by atoms with Crippen LogP contribution in [0.2, 0.25) is 0 Å². The highest BCUT2D eigenvalue weighted by atomic mass is 79.9. The van der Waals surface area contributed by atoms with E-state index < -0.39 is 0 Å². The molecule has 3 rings (SSSR count). The number of carbonyl (C=O) groups excluding carboxylic acids is 1. The third-order valence-electron chi connectivity index (χ3n) is 4.45. The Morgan fingerprint density at radius 1 is 1.06 bits per heavy atom. The number of benzene rings is 2. The summed E-state index contributed by atoms with van der Waals surface area (Å²) < 4.78 is 18.6. The van der Waals surface area contributed by atoms with Crippen LogP contribution < -0.4 is 9.47 Å². The maximum absolute atomic E-state index is 12.5. The number of ether oxygens (including phenoxy) is 3. The smallest absolute Gasteiger partial charge is 0.266 e. The summed E-state index contributed by atoms with van der Waals surface area (Å²) in [6.07, 6.45) is 1.82. The van der Waals surface area contributed by atoms with Crippen LogP contribution in [0.5, 0.6) is 11.5 Å². The Morgan fingerprint density at radius 2 is 1.77 bits per heavy atom. The Hall–Kier alpha value is -1.87. The SMILES string of the molecule is CCN1C(=O)C(=Cc2cc(Br)ccc2OCCOCCOc2ccc(C)cc2)SC1=S. The van der Waals surface area contributed by atoms with Crippen molar-refractivity contribution in [1.29, 1.82) is 0 Å². The summed E-state index contributed by atoms with van der Waals surface area (Å²) in [5.41, 5.74) is 2.01. The Kier molecular flexibility index (Phi) is 8.95. The molecule has 0 unspecified atom stereocenters. The van der Waals surface area contributed by atoms with Crippen molar-refractivity contribution in [1.82, 2.24) is 4.90 Å². The number of rotatable bonds is 10. The summed E-state index contributed by atoms with van der Waals surface area (Å²) in [4.78, 5) is 14.7. The van der Waals surface area contributed by atoms with Gasteiger partial charge in [0.15, 0.2) is 0 Å². The van der Waals surface area contributed by atoms with E-state index in [9.17, 15) is 4.79 Å². The lowest BCUT2D eigenvalue weighted by molar-refractivity contribution is -0.121. The average Bonchev–Trinajstić information content (AvgIpc) is 3.02. The van der Waals surface area contributed by atoms with Gasteiger partial charge in [0, 0.05) is 16.6 Å². The van der Waals surface area contributed by atoms with Gasteiger partial charge in [-0.05, 0) is 50.3 Å². The zero-order chi connectivity index (χ0) is 22.2. The lowest BCUT2D eigenvalue weighted by Crippen LogP contribution is -2.27. The van der Waals surface area contributed by atoms with Crippen molar-refractivity contribution < 1.29 is 19.0 Å². The van der Waals surface area contributed by atoms with Crippen molar-refractivity contribution in [3.8, 4) is 11.5 Å². The number of likely N-dealkylation sites (N-methyl/N-ethyl adjacent to an activating group) is 1. The molecule has 5 nitrogen and oxygen atoms in total. The fourth-order valence-corrected chi connectivity index (χ4v) is 4.60. The maximum atomic E-state index is 12.5. The second-order valence-electron chi connectivity index (χ2n) is 6.73. The molecule has 1 heterocycles. The molecule has 0 atom stereocenters. The van der Waals surface area contributed by atoms with E-state index in [0.717, 1.165) is 15.8 Å². The number of carbonyl (C=O) groups is 1. The van der Waals surface area contributed by atoms with Crippen molar-refractivity contribution in [2.45, 2.75) is 13.8 Å². The second kappa shape index (κ2) is 11.7. The van der Waals surface area contributed by atoms with E-state index in [1.165, 1.54) is 17.3 Å². The van der Waals surface area contributed by atoms with Crippen LogP contribution in [0, 0.1) is 6.92 Å². The quantitative estimate of drug-likeness (QED) is 0.235. The lowest BCUT2D eigenvalue weighted by Gasteiger charge is -2.12. The number of halogens is 1. The first-order chi connectivity index (χ1) is 15.0. The van der Waals surface area contributed by atoms with Crippen LogP contribution in [-0.4, -0.2) is 48.1 Å². The van der Waals surface area contributed by atoms with Crippen LogP contribution in [-0.2, 0) is 9.53 Å². The number of amides is 1. The van der Waals surface area contributed by atoms with E-state index in [-0.39, 0.29) is 5.91 Å². The van der Waals surface area contributed by atoms with Crippen molar-refractivity contribution in [2.24, 2.45) is 0 Å². The van der Waals surface area contributed by atoms with Crippen LogP contribution in [0.15, 0.2) is 51.8 Å². The molecule has 1 aliphatic heterocycles. The molecular weight excluding hydrogens is 498 g/mol. The Balaban J connectivity index is 1.48. The summed E-state index contributed by atoms with van der Waals surface area (Å²) in [7, 11) is 0. The Bertz CT molecular complexity index is 963. The average molecular weight is 522 g/mol. The summed E-state index contributed by atoms with van der Waals surface area (Å²) in [5.74, 6) is 1.45. The highest BCUT2D eigenvalue weighted by Crippen LogP contribution is 2.34. The molecule has 164 valence electrons. The zero-order valence-corrected chi connectivity index (χ0v) is 20.6. The van der Waals surface area contributed by atoms with E-state index in [0.29, 0.717) is 47.9 Å². The number of thioether (sulfide) groups is 1. The third-order valence-corrected chi connectivity index (χ3v) is 6.32. The third kappa shape index (κ3) is 6.80. The summed E-state index contributed by atoms with van der Waals surface area (Å²) in [6, 6.07) is 13.6. The van der Waals surface area contributed by atoms with Gasteiger partial charge < -0.3 is 14.2 Å². The predicted octanol–water partition coefficient (Wildman–Crippen LogP) is 5.45. The monoisotopic (exact) mass is 521 g/mol. The molecule has 0 bridgehead atoms. The van der Waals surface area contributed by atoms with Gasteiger partial charge in [0.05, 0.1) is 18.1 Å². The number of hydrogen-bond acceptors (Lipinski definition) is 6. The molecule has 1 fully saturated rings. The molecule has 0 N–H and O–H groups in total. The summed E-state index contributed by atoms with van der Waals surface area (Å²) in [6.45, 7) is 6.30. The molecular formula is C23H24BrNO4S2.